The van der Waals surface area contributed by atoms with E-state index in [0.29, 0.717) is 12.5 Å². The molecule has 0 bridgehead atoms. The Hall–Kier alpha value is -3.87. The van der Waals surface area contributed by atoms with Crippen LogP contribution < -0.4 is 10.6 Å². The quantitative estimate of drug-likeness (QED) is 0.311. The predicted octanol–water partition coefficient (Wildman–Crippen LogP) is 4.72. The average Bonchev–Trinajstić information content (AvgIpc) is 3.34. The molecule has 3 heterocycles. The van der Waals surface area contributed by atoms with Crippen LogP contribution >= 0.6 is 0 Å². The summed E-state index contributed by atoms with van der Waals surface area (Å²) in [5, 5.41) is 8.00. The first-order valence-electron chi connectivity index (χ1n) is 10.5. The lowest BCUT2D eigenvalue weighted by atomic mass is 10.1. The molecular formula is C24H25N7. The van der Waals surface area contributed by atoms with Crippen LogP contribution in [0.1, 0.15) is 22.5 Å². The molecule has 4 N–H and O–H groups in total. The maximum Gasteiger partial charge on any atom is 0.224 e. The van der Waals surface area contributed by atoms with Crippen LogP contribution in [-0.2, 0) is 13.0 Å². The van der Waals surface area contributed by atoms with Crippen molar-refractivity contribution in [2.75, 3.05) is 17.2 Å². The highest BCUT2D eigenvalue weighted by Crippen LogP contribution is 2.20. The van der Waals surface area contributed by atoms with Gasteiger partial charge in [0.25, 0.3) is 0 Å². The number of hydrogen-bond acceptors (Lipinski definition) is 5. The Morgan fingerprint density at radius 3 is 2.81 bits per heavy atom. The third-order valence-electron chi connectivity index (χ3n) is 5.39. The van der Waals surface area contributed by atoms with Gasteiger partial charge in [-0.25, -0.2) is 9.97 Å². The van der Waals surface area contributed by atoms with Crippen molar-refractivity contribution in [3.8, 4) is 0 Å². The number of benzene rings is 2. The summed E-state index contributed by atoms with van der Waals surface area (Å²) >= 11 is 0. The van der Waals surface area contributed by atoms with E-state index in [1.807, 2.05) is 19.1 Å². The van der Waals surface area contributed by atoms with Crippen molar-refractivity contribution in [2.45, 2.75) is 26.8 Å². The van der Waals surface area contributed by atoms with Gasteiger partial charge in [-0.3, -0.25) is 0 Å². The summed E-state index contributed by atoms with van der Waals surface area (Å²) in [6, 6.07) is 14.6. The summed E-state index contributed by atoms with van der Waals surface area (Å²) < 4.78 is 0. The minimum Gasteiger partial charge on any atom is -0.370 e. The van der Waals surface area contributed by atoms with Crippen LogP contribution in [-0.4, -0.2) is 31.5 Å². The summed E-state index contributed by atoms with van der Waals surface area (Å²) in [6.45, 7) is 5.53. The Morgan fingerprint density at radius 1 is 0.935 bits per heavy atom. The molecule has 0 aliphatic heterocycles. The molecule has 0 aliphatic rings. The standard InChI is InChI=1S/C24H25N7/c1-15-3-5-20-19(11-15)18(14-27-20)7-9-25-23-8-10-26-24(31-23)28-13-17-4-6-21-22(12-17)30-16(2)29-21/h3-6,8,10-12,14,27H,7,9,13H2,1-2H3,(H,29,30)(H2,25,26,28,31). The van der Waals surface area contributed by atoms with Gasteiger partial charge in [0.2, 0.25) is 5.95 Å². The number of rotatable bonds is 7. The molecule has 0 fully saturated rings. The molecule has 0 aliphatic carbocycles. The number of hydrogen-bond donors (Lipinski definition) is 4. The van der Waals surface area contributed by atoms with Crippen LogP contribution in [0.4, 0.5) is 11.8 Å². The number of aromatic nitrogens is 5. The van der Waals surface area contributed by atoms with Gasteiger partial charge in [-0.15, -0.1) is 0 Å². The van der Waals surface area contributed by atoms with E-state index in [-0.39, 0.29) is 0 Å². The fraction of sp³-hybridized carbons (Fsp3) is 0.208. The van der Waals surface area contributed by atoms with Crippen LogP contribution in [0.3, 0.4) is 0 Å². The lowest BCUT2D eigenvalue weighted by Crippen LogP contribution is -2.09. The third kappa shape index (κ3) is 4.21. The predicted molar refractivity (Wildman–Crippen MR) is 125 cm³/mol. The number of H-pyrrole nitrogens is 2. The molecule has 0 spiro atoms. The molecule has 0 amide bonds. The fourth-order valence-electron chi connectivity index (χ4n) is 3.84. The lowest BCUT2D eigenvalue weighted by Gasteiger charge is -2.08. The molecule has 7 nitrogen and oxygen atoms in total. The van der Waals surface area contributed by atoms with Crippen molar-refractivity contribution in [1.82, 2.24) is 24.9 Å². The maximum atomic E-state index is 4.59. The average molecular weight is 412 g/mol. The number of aromatic amines is 2. The van der Waals surface area contributed by atoms with Crippen molar-refractivity contribution in [1.29, 1.82) is 0 Å². The van der Waals surface area contributed by atoms with Gasteiger partial charge in [-0.05, 0) is 61.7 Å². The van der Waals surface area contributed by atoms with Gasteiger partial charge in [0.1, 0.15) is 11.6 Å². The zero-order valence-electron chi connectivity index (χ0n) is 17.7. The second-order valence-corrected chi connectivity index (χ2v) is 7.83. The van der Waals surface area contributed by atoms with E-state index in [0.717, 1.165) is 41.2 Å². The van der Waals surface area contributed by atoms with Crippen LogP contribution in [0.2, 0.25) is 0 Å². The normalized spacial score (nSPS) is 11.3. The second-order valence-electron chi connectivity index (χ2n) is 7.83. The topological polar surface area (TPSA) is 94.3 Å². The van der Waals surface area contributed by atoms with E-state index in [1.165, 1.54) is 22.0 Å². The zero-order valence-corrected chi connectivity index (χ0v) is 17.7. The highest BCUT2D eigenvalue weighted by Gasteiger charge is 2.05. The van der Waals surface area contributed by atoms with E-state index in [9.17, 15) is 0 Å². The Morgan fingerprint density at radius 2 is 1.87 bits per heavy atom. The van der Waals surface area contributed by atoms with Crippen molar-refractivity contribution in [2.24, 2.45) is 0 Å². The molecular weight excluding hydrogens is 386 g/mol. The van der Waals surface area contributed by atoms with Gasteiger partial charge in [-0.2, -0.15) is 4.98 Å². The van der Waals surface area contributed by atoms with E-state index in [4.69, 9.17) is 0 Å². The molecule has 0 saturated carbocycles. The largest absolute Gasteiger partial charge is 0.370 e. The molecule has 156 valence electrons. The van der Waals surface area contributed by atoms with E-state index >= 15 is 0 Å². The third-order valence-corrected chi connectivity index (χ3v) is 5.39. The molecule has 0 unspecified atom stereocenters. The Bertz CT molecular complexity index is 1350. The summed E-state index contributed by atoms with van der Waals surface area (Å²) in [4.78, 5) is 20.0. The molecule has 5 rings (SSSR count). The summed E-state index contributed by atoms with van der Waals surface area (Å²) in [5.41, 5.74) is 6.93. The number of anilines is 2. The van der Waals surface area contributed by atoms with Crippen molar-refractivity contribution >= 4 is 33.7 Å². The molecule has 0 radical (unpaired) electrons. The minimum atomic E-state index is 0.605. The number of aryl methyl sites for hydroxylation is 2. The number of nitrogens with one attached hydrogen (secondary N) is 4. The Labute approximate surface area is 180 Å². The summed E-state index contributed by atoms with van der Waals surface area (Å²) in [5.74, 6) is 2.34. The first-order chi connectivity index (χ1) is 15.1. The van der Waals surface area contributed by atoms with Gasteiger partial charge in [0.15, 0.2) is 0 Å². The molecule has 3 aromatic heterocycles. The van der Waals surface area contributed by atoms with Crippen LogP contribution in [0, 0.1) is 13.8 Å². The maximum absolute atomic E-state index is 4.59. The van der Waals surface area contributed by atoms with E-state index < -0.39 is 0 Å². The molecule has 2 aromatic carbocycles. The minimum absolute atomic E-state index is 0.605. The van der Waals surface area contributed by atoms with Gasteiger partial charge in [-0.1, -0.05) is 17.7 Å². The highest BCUT2D eigenvalue weighted by atomic mass is 15.1. The SMILES string of the molecule is Cc1ccc2[nH]cc(CCNc3ccnc(NCc4ccc5nc(C)[nH]c5c4)n3)c2c1. The first kappa shape index (κ1) is 19.1. The van der Waals surface area contributed by atoms with Crippen LogP contribution in [0.15, 0.2) is 54.9 Å². The Balaban J connectivity index is 1.20. The monoisotopic (exact) mass is 411 g/mol. The van der Waals surface area contributed by atoms with Gasteiger partial charge in [0, 0.05) is 36.4 Å². The molecule has 7 heteroatoms. The summed E-state index contributed by atoms with van der Waals surface area (Å²) in [7, 11) is 0. The molecule has 31 heavy (non-hydrogen) atoms. The van der Waals surface area contributed by atoms with Crippen LogP contribution in [0.25, 0.3) is 21.9 Å². The number of imidazole rings is 1. The zero-order chi connectivity index (χ0) is 21.2. The second kappa shape index (κ2) is 8.10. The van der Waals surface area contributed by atoms with Gasteiger partial charge in [0.05, 0.1) is 11.0 Å². The van der Waals surface area contributed by atoms with Crippen molar-refractivity contribution in [3.05, 3.63) is 77.4 Å². The lowest BCUT2D eigenvalue weighted by molar-refractivity contribution is 0.997. The highest BCUT2D eigenvalue weighted by molar-refractivity contribution is 5.84. The van der Waals surface area contributed by atoms with Crippen molar-refractivity contribution < 1.29 is 0 Å². The van der Waals surface area contributed by atoms with E-state index in [2.05, 4.69) is 79.0 Å². The Kier molecular flexibility index (Phi) is 5.00. The van der Waals surface area contributed by atoms with Gasteiger partial charge < -0.3 is 20.6 Å². The number of nitrogens with zero attached hydrogens (tertiary/aromatic N) is 3. The fourth-order valence-corrected chi connectivity index (χ4v) is 3.84. The molecule has 0 atom stereocenters. The number of fused-ring (bicyclic) bond motifs is 2. The summed E-state index contributed by atoms with van der Waals surface area (Å²) in [6.07, 6.45) is 4.78. The van der Waals surface area contributed by atoms with Crippen LogP contribution in [0.5, 0.6) is 0 Å². The molecule has 0 saturated heterocycles. The molecule has 5 aromatic rings. The van der Waals surface area contributed by atoms with Crippen molar-refractivity contribution in [3.63, 3.8) is 0 Å². The smallest absolute Gasteiger partial charge is 0.224 e. The van der Waals surface area contributed by atoms with Gasteiger partial charge >= 0.3 is 0 Å². The van der Waals surface area contributed by atoms with E-state index in [1.54, 1.807) is 6.20 Å². The first-order valence-corrected chi connectivity index (χ1v) is 10.5.